The van der Waals surface area contributed by atoms with E-state index >= 15 is 0 Å². The van der Waals surface area contributed by atoms with Crippen molar-refractivity contribution in [3.8, 4) is 11.5 Å². The van der Waals surface area contributed by atoms with Gasteiger partial charge in [-0.1, -0.05) is 56.1 Å². The van der Waals surface area contributed by atoms with Crippen molar-refractivity contribution in [1.29, 1.82) is 0 Å². The Morgan fingerprint density at radius 1 is 1.03 bits per heavy atom. The fourth-order valence-electron chi connectivity index (χ4n) is 3.38. The van der Waals surface area contributed by atoms with Crippen LogP contribution in [0.15, 0.2) is 45.8 Å². The Balaban J connectivity index is 1.78. The maximum atomic E-state index is 11.9. The van der Waals surface area contributed by atoms with E-state index in [1.807, 2.05) is 43.3 Å². The van der Waals surface area contributed by atoms with Crippen LogP contribution in [0.4, 0.5) is 0 Å². The van der Waals surface area contributed by atoms with Crippen LogP contribution in [-0.2, 0) is 21.9 Å². The molecule has 2 aromatic carbocycles. The largest absolute Gasteiger partial charge is 0.490 e. The first-order valence-electron chi connectivity index (χ1n) is 10.5. The van der Waals surface area contributed by atoms with E-state index in [1.54, 1.807) is 6.92 Å². The van der Waals surface area contributed by atoms with Crippen LogP contribution in [0.5, 0.6) is 11.5 Å². The van der Waals surface area contributed by atoms with Crippen LogP contribution in [-0.4, -0.2) is 26.3 Å². The number of hydrogen-bond donors (Lipinski definition) is 0. The summed E-state index contributed by atoms with van der Waals surface area (Å²) in [7, 11) is -3.50. The van der Waals surface area contributed by atoms with Gasteiger partial charge in [0, 0.05) is 18.6 Å². The molecule has 0 spiro atoms. The molecule has 3 aromatic rings. The molecule has 0 aliphatic heterocycles. The molecule has 33 heavy (non-hydrogen) atoms. The molecule has 9 heteroatoms. The second-order valence-electron chi connectivity index (χ2n) is 8.29. The number of halogens is 2. The standard InChI is InChI=1S/C24H27Cl2NO5S/c1-6-11-30-22-19(25)12-17(13-20(22)26)24(3,4)16-7-9-18(10-8-16)31-14-21-23(33(5,28)29)27-15(2)32-21/h7-10,12-13H,6,11,14H2,1-5H3. The van der Waals surface area contributed by atoms with Crippen LogP contribution in [0, 0.1) is 6.92 Å². The molecular weight excluding hydrogens is 485 g/mol. The van der Waals surface area contributed by atoms with Crippen LogP contribution in [0.25, 0.3) is 0 Å². The van der Waals surface area contributed by atoms with E-state index in [4.69, 9.17) is 37.1 Å². The van der Waals surface area contributed by atoms with E-state index in [1.165, 1.54) is 0 Å². The summed E-state index contributed by atoms with van der Waals surface area (Å²) in [5.41, 5.74) is 1.59. The molecule has 1 aromatic heterocycles. The fourth-order valence-corrected chi connectivity index (χ4v) is 4.78. The summed E-state index contributed by atoms with van der Waals surface area (Å²) in [5.74, 6) is 1.52. The predicted octanol–water partition coefficient (Wildman–Crippen LogP) is 6.39. The Labute approximate surface area is 204 Å². The maximum absolute atomic E-state index is 11.9. The molecule has 0 aliphatic rings. The van der Waals surface area contributed by atoms with E-state index in [9.17, 15) is 8.42 Å². The van der Waals surface area contributed by atoms with Crippen LogP contribution in [0.1, 0.15) is 50.0 Å². The van der Waals surface area contributed by atoms with Crippen LogP contribution in [0.3, 0.4) is 0 Å². The Morgan fingerprint density at radius 2 is 1.64 bits per heavy atom. The van der Waals surface area contributed by atoms with Gasteiger partial charge in [-0.25, -0.2) is 13.4 Å². The molecule has 0 N–H and O–H groups in total. The minimum atomic E-state index is -3.50. The highest BCUT2D eigenvalue weighted by atomic mass is 35.5. The van der Waals surface area contributed by atoms with Gasteiger partial charge in [0.05, 0.1) is 16.7 Å². The van der Waals surface area contributed by atoms with Crippen molar-refractivity contribution in [3.05, 3.63) is 69.2 Å². The first-order valence-corrected chi connectivity index (χ1v) is 13.1. The van der Waals surface area contributed by atoms with Crippen molar-refractivity contribution >= 4 is 33.0 Å². The van der Waals surface area contributed by atoms with E-state index < -0.39 is 9.84 Å². The number of aromatic nitrogens is 1. The van der Waals surface area contributed by atoms with Gasteiger partial charge >= 0.3 is 0 Å². The van der Waals surface area contributed by atoms with Crippen molar-refractivity contribution in [2.24, 2.45) is 0 Å². The van der Waals surface area contributed by atoms with Crippen molar-refractivity contribution < 1.29 is 22.3 Å². The molecule has 0 fully saturated rings. The lowest BCUT2D eigenvalue weighted by Crippen LogP contribution is -2.19. The molecule has 3 rings (SSSR count). The minimum absolute atomic E-state index is 0.0452. The van der Waals surface area contributed by atoms with Crippen molar-refractivity contribution in [3.63, 3.8) is 0 Å². The molecule has 6 nitrogen and oxygen atoms in total. The van der Waals surface area contributed by atoms with Gasteiger partial charge in [-0.05, 0) is 41.8 Å². The number of benzene rings is 2. The van der Waals surface area contributed by atoms with Gasteiger partial charge in [-0.3, -0.25) is 0 Å². The molecule has 0 aliphatic carbocycles. The third kappa shape index (κ3) is 5.83. The summed E-state index contributed by atoms with van der Waals surface area (Å²) in [6, 6.07) is 11.3. The number of oxazole rings is 1. The van der Waals surface area contributed by atoms with Gasteiger partial charge in [0.15, 0.2) is 32.3 Å². The van der Waals surface area contributed by atoms with E-state index in [0.29, 0.717) is 28.2 Å². The zero-order chi connectivity index (χ0) is 24.4. The van der Waals surface area contributed by atoms with Crippen LogP contribution >= 0.6 is 23.2 Å². The zero-order valence-electron chi connectivity index (χ0n) is 19.2. The molecule has 0 unspecified atom stereocenters. The lowest BCUT2D eigenvalue weighted by molar-refractivity contribution is 0.262. The number of ether oxygens (including phenoxy) is 2. The molecular formula is C24H27Cl2NO5S. The van der Waals surface area contributed by atoms with E-state index in [0.717, 1.165) is 23.8 Å². The highest BCUT2D eigenvalue weighted by Gasteiger charge is 2.26. The highest BCUT2D eigenvalue weighted by Crippen LogP contribution is 2.40. The number of aryl methyl sites for hydroxylation is 1. The normalized spacial score (nSPS) is 12.1. The Hall–Kier alpha value is -2.22. The lowest BCUT2D eigenvalue weighted by Gasteiger charge is -2.27. The average Bonchev–Trinajstić information content (AvgIpc) is 3.13. The quantitative estimate of drug-likeness (QED) is 0.331. The second kappa shape index (κ2) is 9.95. The number of hydrogen-bond acceptors (Lipinski definition) is 6. The number of sulfone groups is 1. The van der Waals surface area contributed by atoms with E-state index in [-0.39, 0.29) is 28.7 Å². The van der Waals surface area contributed by atoms with Crippen molar-refractivity contribution in [1.82, 2.24) is 4.98 Å². The zero-order valence-corrected chi connectivity index (χ0v) is 21.6. The summed E-state index contributed by atoms with van der Waals surface area (Å²) in [6.45, 7) is 8.26. The minimum Gasteiger partial charge on any atom is -0.490 e. The molecule has 178 valence electrons. The second-order valence-corrected chi connectivity index (χ2v) is 11.0. The van der Waals surface area contributed by atoms with Gasteiger partial charge in [0.25, 0.3) is 0 Å². The van der Waals surface area contributed by atoms with Gasteiger partial charge in [0.2, 0.25) is 0 Å². The van der Waals surface area contributed by atoms with Gasteiger partial charge in [-0.15, -0.1) is 0 Å². The van der Waals surface area contributed by atoms with Gasteiger partial charge in [0.1, 0.15) is 12.4 Å². The van der Waals surface area contributed by atoms with Crippen LogP contribution < -0.4 is 9.47 Å². The summed E-state index contributed by atoms with van der Waals surface area (Å²) < 4.78 is 40.6. The Bertz CT molecular complexity index is 1210. The summed E-state index contributed by atoms with van der Waals surface area (Å²) in [5, 5.41) is 0.851. The SMILES string of the molecule is CCCOc1c(Cl)cc(C(C)(C)c2ccc(OCc3oc(C)nc3S(C)(=O)=O)cc2)cc1Cl. The fraction of sp³-hybridized carbons (Fsp3) is 0.375. The highest BCUT2D eigenvalue weighted by molar-refractivity contribution is 7.90. The van der Waals surface area contributed by atoms with Gasteiger partial charge in [-0.2, -0.15) is 0 Å². The van der Waals surface area contributed by atoms with Crippen molar-refractivity contribution in [2.45, 2.75) is 51.2 Å². The topological polar surface area (TPSA) is 78.6 Å². The monoisotopic (exact) mass is 511 g/mol. The summed E-state index contributed by atoms with van der Waals surface area (Å²) in [4.78, 5) is 3.95. The molecule has 0 saturated carbocycles. The number of rotatable bonds is 9. The lowest BCUT2D eigenvalue weighted by atomic mass is 9.78. The smallest absolute Gasteiger partial charge is 0.200 e. The maximum Gasteiger partial charge on any atom is 0.200 e. The average molecular weight is 512 g/mol. The van der Waals surface area contributed by atoms with E-state index in [2.05, 4.69) is 18.8 Å². The Kier molecular flexibility index (Phi) is 7.66. The molecule has 1 heterocycles. The van der Waals surface area contributed by atoms with Crippen molar-refractivity contribution in [2.75, 3.05) is 12.9 Å². The first kappa shape index (κ1) is 25.4. The van der Waals surface area contributed by atoms with Gasteiger partial charge < -0.3 is 13.9 Å². The third-order valence-electron chi connectivity index (χ3n) is 5.24. The Morgan fingerprint density at radius 3 is 2.18 bits per heavy atom. The molecule has 0 amide bonds. The molecule has 0 bridgehead atoms. The number of nitrogens with zero attached hydrogens (tertiary/aromatic N) is 1. The third-order valence-corrected chi connectivity index (χ3v) is 6.82. The molecule has 0 saturated heterocycles. The molecule has 0 radical (unpaired) electrons. The summed E-state index contributed by atoms with van der Waals surface area (Å²) in [6.07, 6.45) is 1.95. The first-order chi connectivity index (χ1) is 15.4. The molecule has 0 atom stereocenters. The van der Waals surface area contributed by atoms with Crippen LogP contribution in [0.2, 0.25) is 10.0 Å². The predicted molar refractivity (Wildman–Crippen MR) is 129 cm³/mol. The summed E-state index contributed by atoms with van der Waals surface area (Å²) >= 11 is 12.9.